The number of hydrogen-bond acceptors (Lipinski definition) is 6. The Hall–Kier alpha value is -4.09. The Balaban J connectivity index is 1.84. The van der Waals surface area contributed by atoms with Crippen LogP contribution in [0.15, 0.2) is 48.5 Å². The van der Waals surface area contributed by atoms with Gasteiger partial charge in [0.15, 0.2) is 5.69 Å². The van der Waals surface area contributed by atoms with Crippen molar-refractivity contribution in [1.29, 1.82) is 0 Å². The molecule has 0 radical (unpaired) electrons. The number of alkyl halides is 3. The highest BCUT2D eigenvalue weighted by Gasteiger charge is 2.33. The van der Waals surface area contributed by atoms with Gasteiger partial charge in [-0.2, -0.15) is 18.3 Å². The van der Waals surface area contributed by atoms with Crippen LogP contribution in [0.25, 0.3) is 0 Å². The lowest BCUT2D eigenvalue weighted by atomic mass is 10.2. The highest BCUT2D eigenvalue weighted by atomic mass is 19.4. The predicted molar refractivity (Wildman–Crippen MR) is 97.7 cm³/mol. The van der Waals surface area contributed by atoms with Crippen LogP contribution in [0, 0.1) is 10.1 Å². The van der Waals surface area contributed by atoms with Crippen molar-refractivity contribution in [3.63, 3.8) is 0 Å². The van der Waals surface area contributed by atoms with Gasteiger partial charge in [-0.1, -0.05) is 0 Å². The summed E-state index contributed by atoms with van der Waals surface area (Å²) in [5.41, 5.74) is -2.19. The number of carbonyl (C=O) groups excluding carboxylic acids is 1. The summed E-state index contributed by atoms with van der Waals surface area (Å²) in [5, 5.41) is 18.5. The molecule has 0 aliphatic rings. The summed E-state index contributed by atoms with van der Waals surface area (Å²) in [4.78, 5) is 22.7. The molecule has 2 N–H and O–H groups in total. The average Bonchev–Trinajstić information content (AvgIpc) is 3.19. The fourth-order valence-corrected chi connectivity index (χ4v) is 2.38. The Bertz CT molecular complexity index is 1080. The molecular weight excluding hydrogens is 409 g/mol. The lowest BCUT2D eigenvalue weighted by Crippen LogP contribution is -2.12. The molecule has 0 aliphatic carbocycles. The number of nitrogens with zero attached hydrogens (tertiary/aromatic N) is 2. The Morgan fingerprint density at radius 3 is 2.33 bits per heavy atom. The minimum atomic E-state index is -4.70. The van der Waals surface area contributed by atoms with Crippen LogP contribution < -0.4 is 14.8 Å². The maximum absolute atomic E-state index is 12.6. The maximum Gasteiger partial charge on any atom is 0.432 e. The molecule has 0 atom stereocenters. The third kappa shape index (κ3) is 4.84. The molecule has 0 saturated carbocycles. The number of aromatic nitrogens is 2. The first-order valence-corrected chi connectivity index (χ1v) is 8.21. The number of amides is 1. The molecule has 0 spiro atoms. The van der Waals surface area contributed by atoms with E-state index in [1.807, 2.05) is 0 Å². The van der Waals surface area contributed by atoms with Gasteiger partial charge in [0.2, 0.25) is 0 Å². The van der Waals surface area contributed by atoms with E-state index in [9.17, 15) is 28.1 Å². The van der Waals surface area contributed by atoms with E-state index in [4.69, 9.17) is 9.47 Å². The van der Waals surface area contributed by atoms with Crippen LogP contribution in [0.3, 0.4) is 0 Å². The van der Waals surface area contributed by atoms with E-state index in [0.29, 0.717) is 17.6 Å². The van der Waals surface area contributed by atoms with E-state index in [2.05, 4.69) is 10.4 Å². The Labute approximate surface area is 166 Å². The summed E-state index contributed by atoms with van der Waals surface area (Å²) in [5.74, 6) is -0.0393. The van der Waals surface area contributed by atoms with Gasteiger partial charge in [-0.15, -0.1) is 0 Å². The molecule has 0 bridgehead atoms. The monoisotopic (exact) mass is 422 g/mol. The second-order valence-corrected chi connectivity index (χ2v) is 5.87. The number of methoxy groups -OCH3 is 1. The molecule has 1 amide bonds. The van der Waals surface area contributed by atoms with Crippen molar-refractivity contribution in [2.45, 2.75) is 6.18 Å². The third-order valence-electron chi connectivity index (χ3n) is 3.77. The number of hydrogen-bond donors (Lipinski definition) is 2. The first kappa shape index (κ1) is 20.6. The van der Waals surface area contributed by atoms with Gasteiger partial charge in [0, 0.05) is 18.2 Å². The van der Waals surface area contributed by atoms with Gasteiger partial charge in [-0.05, 0) is 24.3 Å². The third-order valence-corrected chi connectivity index (χ3v) is 3.77. The normalized spacial score (nSPS) is 11.1. The Morgan fingerprint density at radius 2 is 1.77 bits per heavy atom. The van der Waals surface area contributed by atoms with Crippen molar-refractivity contribution >= 4 is 17.3 Å². The van der Waals surface area contributed by atoms with Crippen molar-refractivity contribution in [1.82, 2.24) is 10.2 Å². The van der Waals surface area contributed by atoms with Crippen LogP contribution in [0.1, 0.15) is 16.2 Å². The fraction of sp³-hybridized carbons (Fsp3) is 0.111. The number of halogens is 3. The molecular formula is C18H13F3N4O5. The summed E-state index contributed by atoms with van der Waals surface area (Å²) in [6.07, 6.45) is -4.70. The zero-order chi connectivity index (χ0) is 21.9. The van der Waals surface area contributed by atoms with Crippen LogP contribution in [0.5, 0.6) is 17.2 Å². The second kappa shape index (κ2) is 8.11. The molecule has 3 aromatic rings. The number of aromatic amines is 1. The molecule has 12 heteroatoms. The van der Waals surface area contributed by atoms with Crippen LogP contribution in [0.2, 0.25) is 0 Å². The number of non-ortho nitro benzene ring substituents is 1. The van der Waals surface area contributed by atoms with Crippen LogP contribution in [-0.2, 0) is 6.18 Å². The average molecular weight is 422 g/mol. The number of ether oxygens (including phenoxy) is 2. The molecule has 2 aromatic carbocycles. The standard InChI is InChI=1S/C18H13F3N4O5/c1-29-12-2-4-13(5-3-12)30-14-7-10(6-11(8-14)25(27)28)22-17(26)15-9-16(24-23-15)18(19,20)21/h2-9H,1H3,(H,22,26)(H,23,24). The van der Waals surface area contributed by atoms with E-state index >= 15 is 0 Å². The maximum atomic E-state index is 12.6. The van der Waals surface area contributed by atoms with Gasteiger partial charge in [0.25, 0.3) is 11.6 Å². The topological polar surface area (TPSA) is 119 Å². The summed E-state index contributed by atoms with van der Waals surface area (Å²) in [6, 6.07) is 10.4. The molecule has 156 valence electrons. The molecule has 1 aromatic heterocycles. The van der Waals surface area contributed by atoms with E-state index in [0.717, 1.165) is 12.1 Å². The molecule has 1 heterocycles. The van der Waals surface area contributed by atoms with Gasteiger partial charge < -0.3 is 14.8 Å². The first-order valence-electron chi connectivity index (χ1n) is 8.21. The van der Waals surface area contributed by atoms with Crippen molar-refractivity contribution in [2.24, 2.45) is 0 Å². The van der Waals surface area contributed by atoms with Gasteiger partial charge in [-0.3, -0.25) is 20.0 Å². The van der Waals surface area contributed by atoms with Gasteiger partial charge in [-0.25, -0.2) is 0 Å². The number of nitrogens with one attached hydrogen (secondary N) is 2. The zero-order valence-electron chi connectivity index (χ0n) is 15.2. The Kier molecular flexibility index (Phi) is 5.58. The molecule has 0 unspecified atom stereocenters. The number of H-pyrrole nitrogens is 1. The number of carbonyl (C=O) groups is 1. The summed E-state index contributed by atoms with van der Waals surface area (Å²) < 4.78 is 48.5. The molecule has 0 aliphatic heterocycles. The van der Waals surface area contributed by atoms with Crippen LogP contribution in [0.4, 0.5) is 24.5 Å². The number of rotatable bonds is 6. The minimum absolute atomic E-state index is 0.0303. The van der Waals surface area contributed by atoms with E-state index < -0.39 is 34.1 Å². The molecule has 30 heavy (non-hydrogen) atoms. The van der Waals surface area contributed by atoms with Crippen molar-refractivity contribution in [3.05, 3.63) is 70.0 Å². The van der Waals surface area contributed by atoms with Crippen LogP contribution >= 0.6 is 0 Å². The van der Waals surface area contributed by atoms with Crippen molar-refractivity contribution < 1.29 is 32.4 Å². The number of anilines is 1. The lowest BCUT2D eigenvalue weighted by Gasteiger charge is -2.09. The number of nitro groups is 1. The highest BCUT2D eigenvalue weighted by molar-refractivity contribution is 6.03. The largest absolute Gasteiger partial charge is 0.497 e. The summed E-state index contributed by atoms with van der Waals surface area (Å²) >= 11 is 0. The molecule has 0 fully saturated rings. The zero-order valence-corrected chi connectivity index (χ0v) is 15.2. The van der Waals surface area contributed by atoms with Crippen molar-refractivity contribution in [3.8, 4) is 17.2 Å². The minimum Gasteiger partial charge on any atom is -0.497 e. The summed E-state index contributed by atoms with van der Waals surface area (Å²) in [6.45, 7) is 0. The fourth-order valence-electron chi connectivity index (χ4n) is 2.38. The lowest BCUT2D eigenvalue weighted by molar-refractivity contribution is -0.384. The molecule has 3 rings (SSSR count). The van der Waals surface area contributed by atoms with E-state index in [-0.39, 0.29) is 11.4 Å². The summed E-state index contributed by atoms with van der Waals surface area (Å²) in [7, 11) is 1.49. The quantitative estimate of drug-likeness (QED) is 0.449. The number of nitro benzene ring substituents is 1. The van der Waals surface area contributed by atoms with Gasteiger partial charge in [0.1, 0.15) is 22.9 Å². The number of benzene rings is 2. The Morgan fingerprint density at radius 1 is 1.10 bits per heavy atom. The van der Waals surface area contributed by atoms with E-state index in [1.54, 1.807) is 29.4 Å². The SMILES string of the molecule is COc1ccc(Oc2cc(NC(=O)c3cc(C(F)(F)F)[nH]n3)cc([N+](=O)[O-])c2)cc1. The predicted octanol–water partition coefficient (Wildman–Crippen LogP) is 4.39. The van der Waals surface area contributed by atoms with E-state index in [1.165, 1.54) is 13.2 Å². The van der Waals surface area contributed by atoms with Crippen molar-refractivity contribution in [2.75, 3.05) is 12.4 Å². The van der Waals surface area contributed by atoms with Crippen LogP contribution in [-0.4, -0.2) is 28.1 Å². The second-order valence-electron chi connectivity index (χ2n) is 5.87. The first-order chi connectivity index (χ1) is 14.2. The van der Waals surface area contributed by atoms with Gasteiger partial charge >= 0.3 is 6.18 Å². The molecule has 9 nitrogen and oxygen atoms in total. The highest BCUT2D eigenvalue weighted by Crippen LogP contribution is 2.31. The smallest absolute Gasteiger partial charge is 0.432 e. The molecule has 0 saturated heterocycles. The van der Waals surface area contributed by atoms with Gasteiger partial charge in [0.05, 0.1) is 23.8 Å².